The third-order valence-electron chi connectivity index (χ3n) is 7.73. The van der Waals surface area contributed by atoms with Crippen molar-refractivity contribution in [2.45, 2.75) is 0 Å². The highest BCUT2D eigenvalue weighted by Crippen LogP contribution is 2.39. The normalized spacial score (nSPS) is 12.2. The zero-order valence-corrected chi connectivity index (χ0v) is 22.2. The number of hydrogen-bond donors (Lipinski definition) is 1. The second-order valence-electron chi connectivity index (χ2n) is 10.3. The first-order valence-corrected chi connectivity index (χ1v) is 13.8. The Bertz CT molecular complexity index is 1820. The minimum atomic E-state index is -0.0421. The molecule has 1 N–H and O–H groups in total. The van der Waals surface area contributed by atoms with E-state index in [1.54, 1.807) is 0 Å². The average molecular weight is 528 g/mol. The number of fused-ring (bicyclic) bond motifs is 4. The SMILES string of the molecule is c1ccc(Nc2ccc3c(c2)B2c4cc(N(c5ccccc5)c5ccccc5)ccc4Oc4cccc(c42)O3)cc1. The Labute approximate surface area is 239 Å². The summed E-state index contributed by atoms with van der Waals surface area (Å²) >= 11 is 0. The van der Waals surface area contributed by atoms with Gasteiger partial charge in [0.25, 0.3) is 6.71 Å². The molecule has 0 unspecified atom stereocenters. The number of anilines is 5. The standard InChI is InChI=1S/C36H25BN2O2/c1-4-11-25(12-5-1)38-26-19-21-32-30(23-26)37-31-24-29(20-22-33(31)41-35-18-10-17-34(40-32)36(35)37)39(27-13-6-2-7-14-27)28-15-8-3-9-16-28/h1-24,38H. The highest BCUT2D eigenvalue weighted by molar-refractivity contribution is 6.98. The molecule has 0 aliphatic carbocycles. The minimum absolute atomic E-state index is 0.0421. The Morgan fingerprint density at radius 1 is 0.439 bits per heavy atom. The van der Waals surface area contributed by atoms with Crippen LogP contribution in [0.4, 0.5) is 28.4 Å². The number of nitrogens with zero attached hydrogens (tertiary/aromatic N) is 1. The topological polar surface area (TPSA) is 33.7 Å². The summed E-state index contributed by atoms with van der Waals surface area (Å²) in [6, 6.07) is 50.1. The first-order chi connectivity index (χ1) is 20.3. The third-order valence-corrected chi connectivity index (χ3v) is 7.73. The number of ether oxygens (including phenoxy) is 2. The van der Waals surface area contributed by atoms with Crippen LogP contribution in [0, 0.1) is 0 Å². The maximum atomic E-state index is 6.50. The molecule has 0 saturated heterocycles. The van der Waals surface area contributed by atoms with Crippen molar-refractivity contribution in [3.63, 3.8) is 0 Å². The molecular formula is C36H25BN2O2. The van der Waals surface area contributed by atoms with E-state index in [0.717, 1.165) is 67.8 Å². The zero-order chi connectivity index (χ0) is 27.2. The van der Waals surface area contributed by atoms with E-state index < -0.39 is 0 Å². The van der Waals surface area contributed by atoms with Crippen LogP contribution in [0.2, 0.25) is 0 Å². The second kappa shape index (κ2) is 9.65. The summed E-state index contributed by atoms with van der Waals surface area (Å²) in [6.07, 6.45) is 0. The number of para-hydroxylation sites is 3. The van der Waals surface area contributed by atoms with E-state index in [2.05, 4.69) is 107 Å². The van der Waals surface area contributed by atoms with Gasteiger partial charge in [-0.25, -0.2) is 0 Å². The van der Waals surface area contributed by atoms with Gasteiger partial charge in [-0.15, -0.1) is 0 Å². The molecule has 41 heavy (non-hydrogen) atoms. The summed E-state index contributed by atoms with van der Waals surface area (Å²) in [6.45, 7) is -0.0421. The van der Waals surface area contributed by atoms with Crippen molar-refractivity contribution in [1.82, 2.24) is 0 Å². The van der Waals surface area contributed by atoms with Crippen LogP contribution >= 0.6 is 0 Å². The molecule has 6 aromatic carbocycles. The van der Waals surface area contributed by atoms with Crippen molar-refractivity contribution in [2.75, 3.05) is 10.2 Å². The van der Waals surface area contributed by atoms with E-state index in [1.165, 1.54) is 0 Å². The van der Waals surface area contributed by atoms with Gasteiger partial charge in [-0.05, 0) is 95.9 Å². The van der Waals surface area contributed by atoms with Crippen LogP contribution in [-0.2, 0) is 0 Å². The Kier molecular flexibility index (Phi) is 5.52. The van der Waals surface area contributed by atoms with E-state index in [0.29, 0.717) is 0 Å². The van der Waals surface area contributed by atoms with E-state index in [-0.39, 0.29) is 6.71 Å². The minimum Gasteiger partial charge on any atom is -0.458 e. The fraction of sp³-hybridized carbons (Fsp3) is 0. The molecule has 5 heteroatoms. The van der Waals surface area contributed by atoms with Crippen molar-refractivity contribution in [1.29, 1.82) is 0 Å². The molecule has 0 bridgehead atoms. The van der Waals surface area contributed by atoms with Gasteiger partial charge in [-0.3, -0.25) is 0 Å². The summed E-state index contributed by atoms with van der Waals surface area (Å²) in [7, 11) is 0. The first-order valence-electron chi connectivity index (χ1n) is 13.8. The van der Waals surface area contributed by atoms with Gasteiger partial charge in [0.2, 0.25) is 0 Å². The zero-order valence-electron chi connectivity index (χ0n) is 22.2. The van der Waals surface area contributed by atoms with Crippen LogP contribution < -0.4 is 36.1 Å². The lowest BCUT2D eigenvalue weighted by Crippen LogP contribution is -2.57. The van der Waals surface area contributed by atoms with Gasteiger partial charge in [-0.1, -0.05) is 60.7 Å². The fourth-order valence-corrected chi connectivity index (χ4v) is 5.93. The van der Waals surface area contributed by atoms with Crippen molar-refractivity contribution in [2.24, 2.45) is 0 Å². The van der Waals surface area contributed by atoms with Gasteiger partial charge >= 0.3 is 0 Å². The molecule has 2 heterocycles. The van der Waals surface area contributed by atoms with Gasteiger partial charge in [0.1, 0.15) is 23.0 Å². The molecule has 0 fully saturated rings. The maximum absolute atomic E-state index is 6.50. The number of benzene rings is 6. The van der Waals surface area contributed by atoms with Gasteiger partial charge in [-0.2, -0.15) is 0 Å². The van der Waals surface area contributed by atoms with E-state index in [1.807, 2.05) is 48.5 Å². The van der Waals surface area contributed by atoms with Crippen molar-refractivity contribution >= 4 is 51.5 Å². The molecule has 0 atom stereocenters. The van der Waals surface area contributed by atoms with Crippen molar-refractivity contribution in [3.8, 4) is 23.0 Å². The largest absolute Gasteiger partial charge is 0.458 e. The monoisotopic (exact) mass is 528 g/mol. The second-order valence-corrected chi connectivity index (χ2v) is 10.3. The lowest BCUT2D eigenvalue weighted by atomic mass is 9.35. The summed E-state index contributed by atoms with van der Waals surface area (Å²) in [4.78, 5) is 2.29. The molecule has 0 aromatic heterocycles. The van der Waals surface area contributed by atoms with E-state index in [4.69, 9.17) is 9.47 Å². The smallest absolute Gasteiger partial charge is 0.260 e. The van der Waals surface area contributed by atoms with Gasteiger partial charge in [0.15, 0.2) is 0 Å². The molecule has 0 amide bonds. The molecular weight excluding hydrogens is 503 g/mol. The molecule has 2 aliphatic rings. The number of hydrogen-bond acceptors (Lipinski definition) is 4. The Morgan fingerprint density at radius 2 is 1.00 bits per heavy atom. The molecule has 8 rings (SSSR count). The summed E-state index contributed by atoms with van der Waals surface area (Å²) in [5, 5.41) is 3.56. The Balaban J connectivity index is 1.29. The molecule has 0 radical (unpaired) electrons. The van der Waals surface area contributed by atoms with Gasteiger partial charge < -0.3 is 19.7 Å². The lowest BCUT2D eigenvalue weighted by Gasteiger charge is -2.34. The molecule has 194 valence electrons. The number of nitrogens with one attached hydrogen (secondary N) is 1. The Hall–Kier alpha value is -5.42. The Morgan fingerprint density at radius 3 is 1.63 bits per heavy atom. The quantitative estimate of drug-likeness (QED) is 0.233. The summed E-state index contributed by atoms with van der Waals surface area (Å²) in [5.74, 6) is 3.39. The van der Waals surface area contributed by atoms with Crippen molar-refractivity contribution < 1.29 is 9.47 Å². The molecule has 2 aliphatic heterocycles. The van der Waals surface area contributed by atoms with Gasteiger partial charge in [0, 0.05) is 33.9 Å². The molecule has 0 spiro atoms. The lowest BCUT2D eigenvalue weighted by molar-refractivity contribution is 0.464. The van der Waals surface area contributed by atoms with Crippen LogP contribution in [0.15, 0.2) is 146 Å². The van der Waals surface area contributed by atoms with Gasteiger partial charge in [0.05, 0.1) is 0 Å². The van der Waals surface area contributed by atoms with Crippen LogP contribution in [-0.4, -0.2) is 6.71 Å². The van der Waals surface area contributed by atoms with E-state index >= 15 is 0 Å². The van der Waals surface area contributed by atoms with Crippen LogP contribution in [0.3, 0.4) is 0 Å². The van der Waals surface area contributed by atoms with Crippen molar-refractivity contribution in [3.05, 3.63) is 146 Å². The number of rotatable bonds is 5. The highest BCUT2D eigenvalue weighted by Gasteiger charge is 2.40. The van der Waals surface area contributed by atoms with E-state index in [9.17, 15) is 0 Å². The first kappa shape index (κ1) is 23.5. The predicted molar refractivity (Wildman–Crippen MR) is 169 cm³/mol. The van der Waals surface area contributed by atoms with Crippen LogP contribution in [0.1, 0.15) is 0 Å². The third kappa shape index (κ3) is 4.10. The summed E-state index contributed by atoms with van der Waals surface area (Å²) < 4.78 is 12.9. The maximum Gasteiger partial charge on any atom is 0.260 e. The highest BCUT2D eigenvalue weighted by atomic mass is 16.5. The molecule has 4 nitrogen and oxygen atoms in total. The summed E-state index contributed by atoms with van der Waals surface area (Å²) in [5.41, 5.74) is 8.60. The average Bonchev–Trinajstić information content (AvgIpc) is 3.03. The predicted octanol–water partition coefficient (Wildman–Crippen LogP) is 7.63. The molecule has 0 saturated carbocycles. The fourth-order valence-electron chi connectivity index (χ4n) is 5.93. The van der Waals surface area contributed by atoms with Crippen LogP contribution in [0.25, 0.3) is 0 Å². The van der Waals surface area contributed by atoms with Crippen LogP contribution in [0.5, 0.6) is 23.0 Å². The molecule has 6 aromatic rings.